The smallest absolute Gasteiger partial charge is 0.308 e. The molecule has 1 amide bonds. The van der Waals surface area contributed by atoms with Crippen LogP contribution in [0.2, 0.25) is 0 Å². The molecule has 5 heteroatoms. The lowest BCUT2D eigenvalue weighted by atomic mass is 9.82. The van der Waals surface area contributed by atoms with Gasteiger partial charge in [0.1, 0.15) is 5.76 Å². The summed E-state index contributed by atoms with van der Waals surface area (Å²) >= 11 is 0. The molecule has 2 N–H and O–H groups in total. The molecule has 1 aromatic rings. The van der Waals surface area contributed by atoms with Crippen molar-refractivity contribution in [3.63, 3.8) is 0 Å². The van der Waals surface area contributed by atoms with E-state index in [1.165, 1.54) is 0 Å². The summed E-state index contributed by atoms with van der Waals surface area (Å²) in [6.07, 6.45) is 5.45. The zero-order valence-electron chi connectivity index (χ0n) is 12.6. The van der Waals surface area contributed by atoms with Gasteiger partial charge in [0.2, 0.25) is 5.91 Å². The summed E-state index contributed by atoms with van der Waals surface area (Å²) in [6.45, 7) is 4.23. The first-order valence-corrected chi connectivity index (χ1v) is 7.39. The van der Waals surface area contributed by atoms with Crippen LogP contribution in [0.15, 0.2) is 46.1 Å². The third-order valence-electron chi connectivity index (χ3n) is 4.59. The van der Waals surface area contributed by atoms with Gasteiger partial charge in [0, 0.05) is 11.8 Å². The van der Waals surface area contributed by atoms with E-state index in [9.17, 15) is 14.7 Å². The maximum Gasteiger partial charge on any atom is 0.308 e. The van der Waals surface area contributed by atoms with Crippen molar-refractivity contribution in [1.82, 2.24) is 5.32 Å². The Labute approximate surface area is 128 Å². The predicted octanol–water partition coefficient (Wildman–Crippen LogP) is 2.37. The first kappa shape index (κ1) is 14.6. The molecule has 0 aromatic carbocycles. The number of nitrogens with one attached hydrogen (secondary N) is 1. The monoisotopic (exact) mass is 301 g/mol. The van der Waals surface area contributed by atoms with Crippen LogP contribution in [-0.2, 0) is 16.1 Å². The lowest BCUT2D eigenvalue weighted by Crippen LogP contribution is -2.39. The van der Waals surface area contributed by atoms with Gasteiger partial charge in [0.25, 0.3) is 0 Å². The largest absolute Gasteiger partial charge is 0.481 e. The summed E-state index contributed by atoms with van der Waals surface area (Å²) in [4.78, 5) is 24.2. The number of allylic oxidation sites excluding steroid dienone is 4. The lowest BCUT2D eigenvalue weighted by Gasteiger charge is -2.23. The van der Waals surface area contributed by atoms with E-state index in [-0.39, 0.29) is 24.3 Å². The molecule has 1 saturated carbocycles. The molecule has 22 heavy (non-hydrogen) atoms. The van der Waals surface area contributed by atoms with Crippen LogP contribution in [-0.4, -0.2) is 17.0 Å². The summed E-state index contributed by atoms with van der Waals surface area (Å²) < 4.78 is 5.19. The zero-order valence-corrected chi connectivity index (χ0v) is 12.6. The Bertz CT molecular complexity index is 652. The molecule has 1 heterocycles. The van der Waals surface area contributed by atoms with Crippen molar-refractivity contribution in [2.45, 2.75) is 20.4 Å². The molecule has 4 unspecified atom stereocenters. The van der Waals surface area contributed by atoms with Crippen LogP contribution in [0.3, 0.4) is 0 Å². The van der Waals surface area contributed by atoms with Crippen LogP contribution in [0.1, 0.15) is 19.6 Å². The van der Waals surface area contributed by atoms with Crippen molar-refractivity contribution < 1.29 is 19.1 Å². The van der Waals surface area contributed by atoms with Crippen LogP contribution in [0.25, 0.3) is 0 Å². The number of rotatable bonds is 4. The third-order valence-corrected chi connectivity index (χ3v) is 4.59. The summed E-state index contributed by atoms with van der Waals surface area (Å²) in [5.41, 5.74) is 2.19. The average molecular weight is 301 g/mol. The minimum absolute atomic E-state index is 0.104. The number of fused-ring (bicyclic) bond motifs is 2. The summed E-state index contributed by atoms with van der Waals surface area (Å²) in [6, 6.07) is 3.53. The number of hydrogen-bond acceptors (Lipinski definition) is 3. The number of furan rings is 1. The number of amides is 1. The summed E-state index contributed by atoms with van der Waals surface area (Å²) in [5, 5.41) is 12.4. The van der Waals surface area contributed by atoms with Gasteiger partial charge in [-0.15, -0.1) is 0 Å². The molecule has 116 valence electrons. The molecule has 2 aliphatic carbocycles. The van der Waals surface area contributed by atoms with E-state index in [4.69, 9.17) is 4.42 Å². The molecule has 0 aliphatic heterocycles. The van der Waals surface area contributed by atoms with E-state index in [1.54, 1.807) is 18.4 Å². The van der Waals surface area contributed by atoms with E-state index in [0.717, 1.165) is 11.1 Å². The fraction of sp³-hybridized carbons (Fsp3) is 0.412. The summed E-state index contributed by atoms with van der Waals surface area (Å²) in [7, 11) is 0. The Balaban J connectivity index is 1.82. The maximum absolute atomic E-state index is 12.5. The highest BCUT2D eigenvalue weighted by Gasteiger charge is 2.54. The Kier molecular flexibility index (Phi) is 3.64. The standard InChI is InChI=1S/C17H19NO4/c1-9(2)13-11-5-6-12(13)15(17(20)21)14(11)16(19)18-8-10-4-3-7-22-10/h3-7,11-12,14-15H,8H2,1-2H3,(H,18,19)(H,20,21). The fourth-order valence-electron chi connectivity index (χ4n) is 3.75. The Morgan fingerprint density at radius 3 is 2.45 bits per heavy atom. The van der Waals surface area contributed by atoms with Gasteiger partial charge in [-0.1, -0.05) is 23.3 Å². The normalized spacial score (nSPS) is 28.9. The minimum atomic E-state index is -0.909. The molecule has 2 aliphatic rings. The van der Waals surface area contributed by atoms with Crippen LogP contribution in [0.4, 0.5) is 0 Å². The SMILES string of the molecule is CC(C)=C1C2C=CC1C(C(=O)NCc1ccco1)C2C(=O)O. The molecule has 1 aromatic heterocycles. The lowest BCUT2D eigenvalue weighted by molar-refractivity contribution is -0.147. The molecule has 0 spiro atoms. The average Bonchev–Trinajstić information content (AvgIpc) is 3.17. The van der Waals surface area contributed by atoms with E-state index in [2.05, 4.69) is 5.32 Å². The van der Waals surface area contributed by atoms with Gasteiger partial charge in [-0.3, -0.25) is 9.59 Å². The Hall–Kier alpha value is -2.30. The van der Waals surface area contributed by atoms with Crippen molar-refractivity contribution in [3.05, 3.63) is 47.5 Å². The van der Waals surface area contributed by atoms with E-state index < -0.39 is 17.8 Å². The molecule has 1 fully saturated rings. The second-order valence-corrected chi connectivity index (χ2v) is 6.08. The predicted molar refractivity (Wildman–Crippen MR) is 79.7 cm³/mol. The second-order valence-electron chi connectivity index (χ2n) is 6.08. The van der Waals surface area contributed by atoms with Crippen molar-refractivity contribution in [1.29, 1.82) is 0 Å². The summed E-state index contributed by atoms with van der Waals surface area (Å²) in [5.74, 6) is -1.97. The van der Waals surface area contributed by atoms with Gasteiger partial charge in [-0.25, -0.2) is 0 Å². The highest BCUT2D eigenvalue weighted by atomic mass is 16.4. The highest BCUT2D eigenvalue weighted by Crippen LogP contribution is 2.53. The van der Waals surface area contributed by atoms with E-state index in [1.807, 2.05) is 26.0 Å². The zero-order chi connectivity index (χ0) is 15.9. The van der Waals surface area contributed by atoms with Crippen LogP contribution in [0, 0.1) is 23.7 Å². The molecular formula is C17H19NO4. The molecular weight excluding hydrogens is 282 g/mol. The fourth-order valence-corrected chi connectivity index (χ4v) is 3.75. The van der Waals surface area contributed by atoms with Crippen LogP contribution < -0.4 is 5.32 Å². The third kappa shape index (κ3) is 2.26. The van der Waals surface area contributed by atoms with Crippen molar-refractivity contribution >= 4 is 11.9 Å². The minimum Gasteiger partial charge on any atom is -0.481 e. The van der Waals surface area contributed by atoms with Gasteiger partial charge >= 0.3 is 5.97 Å². The van der Waals surface area contributed by atoms with Crippen molar-refractivity contribution in [3.8, 4) is 0 Å². The molecule has 3 rings (SSSR count). The maximum atomic E-state index is 12.5. The van der Waals surface area contributed by atoms with Gasteiger partial charge in [0.15, 0.2) is 0 Å². The Morgan fingerprint density at radius 1 is 1.23 bits per heavy atom. The number of carbonyl (C=O) groups excluding carboxylic acids is 1. The molecule has 4 atom stereocenters. The van der Waals surface area contributed by atoms with Crippen LogP contribution >= 0.6 is 0 Å². The van der Waals surface area contributed by atoms with Gasteiger partial charge in [-0.2, -0.15) is 0 Å². The first-order chi connectivity index (χ1) is 10.5. The van der Waals surface area contributed by atoms with Crippen LogP contribution in [0.5, 0.6) is 0 Å². The van der Waals surface area contributed by atoms with Gasteiger partial charge < -0.3 is 14.8 Å². The number of carbonyl (C=O) groups is 2. The quantitative estimate of drug-likeness (QED) is 0.837. The second kappa shape index (κ2) is 5.48. The highest BCUT2D eigenvalue weighted by molar-refractivity contribution is 5.88. The van der Waals surface area contributed by atoms with Crippen molar-refractivity contribution in [2.24, 2.45) is 23.7 Å². The van der Waals surface area contributed by atoms with E-state index >= 15 is 0 Å². The topological polar surface area (TPSA) is 79.5 Å². The van der Waals surface area contributed by atoms with E-state index in [0.29, 0.717) is 5.76 Å². The molecule has 2 bridgehead atoms. The number of carboxylic acid groups (broad SMARTS) is 1. The number of hydrogen-bond donors (Lipinski definition) is 2. The van der Waals surface area contributed by atoms with Gasteiger partial charge in [-0.05, 0) is 26.0 Å². The number of carboxylic acids is 1. The van der Waals surface area contributed by atoms with Gasteiger partial charge in [0.05, 0.1) is 24.6 Å². The molecule has 0 radical (unpaired) electrons. The molecule has 5 nitrogen and oxygen atoms in total. The Morgan fingerprint density at radius 2 is 1.91 bits per heavy atom. The molecule has 0 saturated heterocycles. The van der Waals surface area contributed by atoms with Crippen molar-refractivity contribution in [2.75, 3.05) is 0 Å². The number of aliphatic carboxylic acids is 1. The first-order valence-electron chi connectivity index (χ1n) is 7.39.